The molecule has 0 nitrogen and oxygen atoms in total. The van der Waals surface area contributed by atoms with E-state index in [1.54, 1.807) is 6.92 Å². The molecule has 0 aromatic carbocycles. The lowest BCUT2D eigenvalue weighted by Crippen LogP contribution is -1.71. The Labute approximate surface area is 47.5 Å². The average Bonchev–Trinajstić information content (AvgIpc) is 1.84. The smallest absolute Gasteiger partial charge is 0.153 e. The van der Waals surface area contributed by atoms with Crippen molar-refractivity contribution in [2.45, 2.75) is 13.3 Å². The first-order valence-corrected chi connectivity index (χ1v) is 2.39. The Hall–Kier alpha value is -0.660. The van der Waals surface area contributed by atoms with E-state index in [4.69, 9.17) is 0 Å². The SMILES string of the molecule is C=C/C(F)=C(\F)CC. The number of rotatable bonds is 2. The molecule has 0 rings (SSSR count). The highest BCUT2D eigenvalue weighted by Gasteiger charge is 1.95. The lowest BCUT2D eigenvalue weighted by atomic mass is 10.3. The third-order valence-corrected chi connectivity index (χ3v) is 0.749. The molecule has 0 saturated heterocycles. The van der Waals surface area contributed by atoms with Crippen molar-refractivity contribution >= 4 is 0 Å². The molecular formula is C6H8F2. The summed E-state index contributed by atoms with van der Waals surface area (Å²) in [5.74, 6) is -1.59. The van der Waals surface area contributed by atoms with Gasteiger partial charge in [0.1, 0.15) is 5.83 Å². The molecule has 0 aromatic heterocycles. The molecule has 0 unspecified atom stereocenters. The minimum Gasteiger partial charge on any atom is -0.209 e. The number of halogens is 2. The zero-order chi connectivity index (χ0) is 6.57. The van der Waals surface area contributed by atoms with Gasteiger partial charge in [0.05, 0.1) is 0 Å². The largest absolute Gasteiger partial charge is 0.209 e. The van der Waals surface area contributed by atoms with Gasteiger partial charge >= 0.3 is 0 Å². The molecule has 0 fully saturated rings. The van der Waals surface area contributed by atoms with Crippen LogP contribution in [0.5, 0.6) is 0 Å². The second kappa shape index (κ2) is 3.36. The summed E-state index contributed by atoms with van der Waals surface area (Å²) in [5, 5.41) is 0. The topological polar surface area (TPSA) is 0 Å². The fraction of sp³-hybridized carbons (Fsp3) is 0.333. The Morgan fingerprint density at radius 1 is 1.62 bits per heavy atom. The van der Waals surface area contributed by atoms with Gasteiger partial charge in [-0.1, -0.05) is 13.5 Å². The normalized spacial score (nSPS) is 12.9. The molecule has 0 aromatic rings. The minimum atomic E-state index is -0.854. The van der Waals surface area contributed by atoms with Crippen molar-refractivity contribution in [1.29, 1.82) is 0 Å². The molecule has 2 heteroatoms. The number of allylic oxidation sites excluding steroid dienone is 3. The maximum absolute atomic E-state index is 12.0. The van der Waals surface area contributed by atoms with Crippen LogP contribution < -0.4 is 0 Å². The summed E-state index contributed by atoms with van der Waals surface area (Å²) < 4.78 is 23.9. The molecule has 0 bridgehead atoms. The molecule has 46 valence electrons. The van der Waals surface area contributed by atoms with Crippen LogP contribution in [0.1, 0.15) is 13.3 Å². The van der Waals surface area contributed by atoms with E-state index < -0.39 is 11.7 Å². The molecule has 0 heterocycles. The number of hydrogen-bond acceptors (Lipinski definition) is 0. The molecule has 0 aliphatic rings. The van der Waals surface area contributed by atoms with E-state index in [0.29, 0.717) is 0 Å². The second-order valence-corrected chi connectivity index (χ2v) is 1.31. The maximum atomic E-state index is 12.0. The molecule has 0 amide bonds. The van der Waals surface area contributed by atoms with E-state index in [1.807, 2.05) is 0 Å². The Morgan fingerprint density at radius 3 is 2.25 bits per heavy atom. The fourth-order valence-electron chi connectivity index (χ4n) is 0.280. The quantitative estimate of drug-likeness (QED) is 0.489. The Morgan fingerprint density at radius 2 is 2.12 bits per heavy atom. The lowest BCUT2D eigenvalue weighted by Gasteiger charge is -1.87. The first-order valence-electron chi connectivity index (χ1n) is 2.39. The molecule has 0 saturated carbocycles. The van der Waals surface area contributed by atoms with Crippen LogP contribution in [0.15, 0.2) is 24.3 Å². The summed E-state index contributed by atoms with van der Waals surface area (Å²) in [6.45, 7) is 4.60. The van der Waals surface area contributed by atoms with Gasteiger partial charge in [-0.05, 0) is 12.5 Å². The predicted octanol–water partition coefficient (Wildman–Crippen LogP) is 2.73. The van der Waals surface area contributed by atoms with Crippen molar-refractivity contribution in [3.63, 3.8) is 0 Å². The fourth-order valence-corrected chi connectivity index (χ4v) is 0.280. The first-order chi connectivity index (χ1) is 3.72. The summed E-state index contributed by atoms with van der Waals surface area (Å²) in [6, 6.07) is 0. The monoisotopic (exact) mass is 118 g/mol. The predicted molar refractivity (Wildman–Crippen MR) is 29.7 cm³/mol. The van der Waals surface area contributed by atoms with Gasteiger partial charge in [-0.25, -0.2) is 8.78 Å². The van der Waals surface area contributed by atoms with Gasteiger partial charge in [0, 0.05) is 0 Å². The minimum absolute atomic E-state index is 0.0951. The highest BCUT2D eigenvalue weighted by molar-refractivity contribution is 5.11. The molecule has 0 spiro atoms. The maximum Gasteiger partial charge on any atom is 0.153 e. The molecule has 8 heavy (non-hydrogen) atoms. The number of hydrogen-bond donors (Lipinski definition) is 0. The van der Waals surface area contributed by atoms with Crippen molar-refractivity contribution in [1.82, 2.24) is 0 Å². The van der Waals surface area contributed by atoms with E-state index in [0.717, 1.165) is 6.08 Å². The van der Waals surface area contributed by atoms with Gasteiger partial charge in [0.15, 0.2) is 5.83 Å². The van der Waals surface area contributed by atoms with Gasteiger partial charge < -0.3 is 0 Å². The van der Waals surface area contributed by atoms with E-state index >= 15 is 0 Å². The molecule has 0 radical (unpaired) electrons. The Bertz CT molecular complexity index is 114. The molecule has 0 N–H and O–H groups in total. The van der Waals surface area contributed by atoms with Crippen molar-refractivity contribution < 1.29 is 8.78 Å². The van der Waals surface area contributed by atoms with E-state index in [1.165, 1.54) is 0 Å². The van der Waals surface area contributed by atoms with Crippen LogP contribution >= 0.6 is 0 Å². The highest BCUT2D eigenvalue weighted by Crippen LogP contribution is 2.10. The first kappa shape index (κ1) is 7.34. The van der Waals surface area contributed by atoms with E-state index in [2.05, 4.69) is 6.58 Å². The standard InChI is InChI=1S/C6H8F2/c1-3-5(7)6(8)4-2/h3H,1,4H2,2H3/b6-5+. The van der Waals surface area contributed by atoms with Crippen LogP contribution in [0, 0.1) is 0 Å². The summed E-state index contributed by atoms with van der Waals surface area (Å²) in [5.41, 5.74) is 0. The van der Waals surface area contributed by atoms with Gasteiger partial charge in [0.25, 0.3) is 0 Å². The summed E-state index contributed by atoms with van der Waals surface area (Å²) in [4.78, 5) is 0. The molecule has 0 aliphatic heterocycles. The van der Waals surface area contributed by atoms with E-state index in [9.17, 15) is 8.78 Å². The molecule has 0 atom stereocenters. The Balaban J connectivity index is 4.03. The van der Waals surface area contributed by atoms with Crippen LogP contribution in [0.4, 0.5) is 8.78 Å². The molecule has 0 aliphatic carbocycles. The lowest BCUT2D eigenvalue weighted by molar-refractivity contribution is 0.532. The van der Waals surface area contributed by atoms with Crippen molar-refractivity contribution in [2.75, 3.05) is 0 Å². The Kier molecular flexibility index (Phi) is 3.08. The van der Waals surface area contributed by atoms with Gasteiger partial charge in [-0.3, -0.25) is 0 Å². The van der Waals surface area contributed by atoms with Gasteiger partial charge in [0.2, 0.25) is 0 Å². The summed E-state index contributed by atoms with van der Waals surface area (Å²) in [7, 11) is 0. The summed E-state index contributed by atoms with van der Waals surface area (Å²) in [6.07, 6.45) is 0.955. The van der Waals surface area contributed by atoms with Crippen LogP contribution in [-0.2, 0) is 0 Å². The second-order valence-electron chi connectivity index (χ2n) is 1.31. The molecular weight excluding hydrogens is 110 g/mol. The van der Waals surface area contributed by atoms with Gasteiger partial charge in [-0.15, -0.1) is 0 Å². The zero-order valence-electron chi connectivity index (χ0n) is 4.75. The van der Waals surface area contributed by atoms with Crippen molar-refractivity contribution in [3.05, 3.63) is 24.3 Å². The van der Waals surface area contributed by atoms with Crippen LogP contribution in [-0.4, -0.2) is 0 Å². The van der Waals surface area contributed by atoms with Crippen LogP contribution in [0.2, 0.25) is 0 Å². The van der Waals surface area contributed by atoms with Crippen LogP contribution in [0.25, 0.3) is 0 Å². The van der Waals surface area contributed by atoms with Crippen molar-refractivity contribution in [3.8, 4) is 0 Å². The van der Waals surface area contributed by atoms with Crippen molar-refractivity contribution in [2.24, 2.45) is 0 Å². The van der Waals surface area contributed by atoms with E-state index in [-0.39, 0.29) is 6.42 Å². The third-order valence-electron chi connectivity index (χ3n) is 0.749. The zero-order valence-corrected chi connectivity index (χ0v) is 4.75. The summed E-state index contributed by atoms with van der Waals surface area (Å²) >= 11 is 0. The van der Waals surface area contributed by atoms with Crippen LogP contribution in [0.3, 0.4) is 0 Å². The third kappa shape index (κ3) is 1.87. The highest BCUT2D eigenvalue weighted by atomic mass is 19.2. The van der Waals surface area contributed by atoms with Gasteiger partial charge in [-0.2, -0.15) is 0 Å². The average molecular weight is 118 g/mol.